The zero-order valence-electron chi connectivity index (χ0n) is 11.5. The highest BCUT2D eigenvalue weighted by Gasteiger charge is 2.41. The number of hydrogen-bond acceptors (Lipinski definition) is 3. The Balaban J connectivity index is 1.59. The summed E-state index contributed by atoms with van der Waals surface area (Å²) in [4.78, 5) is 2.47. The van der Waals surface area contributed by atoms with Gasteiger partial charge in [-0.3, -0.25) is 0 Å². The number of likely N-dealkylation sites (tertiary alicyclic amines) is 1. The van der Waals surface area contributed by atoms with Gasteiger partial charge in [0.2, 0.25) is 0 Å². The fourth-order valence-corrected chi connectivity index (χ4v) is 2.99. The lowest BCUT2D eigenvalue weighted by molar-refractivity contribution is 0.168. The topological polar surface area (TPSA) is 24.5 Å². The molecule has 1 unspecified atom stereocenters. The third-order valence-electron chi connectivity index (χ3n) is 4.45. The van der Waals surface area contributed by atoms with Gasteiger partial charge in [-0.25, -0.2) is 0 Å². The molecule has 2 fully saturated rings. The van der Waals surface area contributed by atoms with Gasteiger partial charge in [-0.15, -0.1) is 0 Å². The first-order valence-electron chi connectivity index (χ1n) is 7.12. The predicted molar refractivity (Wildman–Crippen MR) is 71.3 cm³/mol. The smallest absolute Gasteiger partial charge is 0.0468 e. The summed E-state index contributed by atoms with van der Waals surface area (Å²) < 4.78 is 5.19. The van der Waals surface area contributed by atoms with E-state index in [-0.39, 0.29) is 0 Å². The van der Waals surface area contributed by atoms with Crippen molar-refractivity contribution in [1.82, 2.24) is 10.2 Å². The van der Waals surface area contributed by atoms with Crippen LogP contribution in [0.2, 0.25) is 0 Å². The molecule has 0 aromatic carbocycles. The van der Waals surface area contributed by atoms with Crippen molar-refractivity contribution < 1.29 is 4.74 Å². The van der Waals surface area contributed by atoms with Crippen molar-refractivity contribution >= 4 is 0 Å². The van der Waals surface area contributed by atoms with Crippen LogP contribution in [0.4, 0.5) is 0 Å². The van der Waals surface area contributed by atoms with E-state index in [1.165, 1.54) is 58.3 Å². The van der Waals surface area contributed by atoms with Gasteiger partial charge in [0.25, 0.3) is 0 Å². The first kappa shape index (κ1) is 13.3. The van der Waals surface area contributed by atoms with Crippen LogP contribution in [0.1, 0.15) is 32.1 Å². The zero-order chi connectivity index (χ0) is 12.1. The molecule has 3 heteroatoms. The van der Waals surface area contributed by atoms with Crippen LogP contribution in [0.25, 0.3) is 0 Å². The number of nitrogens with one attached hydrogen (secondary N) is 1. The third-order valence-corrected chi connectivity index (χ3v) is 4.45. The van der Waals surface area contributed by atoms with E-state index in [1.54, 1.807) is 7.11 Å². The minimum absolute atomic E-state index is 0.594. The Morgan fingerprint density at radius 2 is 2.24 bits per heavy atom. The van der Waals surface area contributed by atoms with Gasteiger partial charge in [0.15, 0.2) is 0 Å². The lowest BCUT2D eigenvalue weighted by atomic mass is 9.97. The normalized spacial score (nSPS) is 28.2. The van der Waals surface area contributed by atoms with Gasteiger partial charge in [-0.1, -0.05) is 0 Å². The molecule has 1 aliphatic carbocycles. The Kier molecular flexibility index (Phi) is 4.83. The van der Waals surface area contributed by atoms with Crippen LogP contribution >= 0.6 is 0 Å². The maximum atomic E-state index is 5.19. The average Bonchev–Trinajstić information content (AvgIpc) is 3.07. The van der Waals surface area contributed by atoms with E-state index in [9.17, 15) is 0 Å². The van der Waals surface area contributed by atoms with Gasteiger partial charge in [0.1, 0.15) is 0 Å². The van der Waals surface area contributed by atoms with Gasteiger partial charge >= 0.3 is 0 Å². The quantitative estimate of drug-likeness (QED) is 0.733. The van der Waals surface area contributed by atoms with Crippen LogP contribution in [0.15, 0.2) is 0 Å². The first-order valence-corrected chi connectivity index (χ1v) is 7.12. The van der Waals surface area contributed by atoms with E-state index in [4.69, 9.17) is 4.74 Å². The highest BCUT2D eigenvalue weighted by molar-refractivity contribution is 4.94. The lowest BCUT2D eigenvalue weighted by Gasteiger charge is -2.30. The molecule has 0 bridgehead atoms. The van der Waals surface area contributed by atoms with Crippen LogP contribution in [0, 0.1) is 11.3 Å². The summed E-state index contributed by atoms with van der Waals surface area (Å²) >= 11 is 0. The SMILES string of the molecule is COCCC1(CNCC2CCCN(C)C2)CC1. The van der Waals surface area contributed by atoms with Crippen LogP contribution in [-0.2, 0) is 4.74 Å². The van der Waals surface area contributed by atoms with Gasteiger partial charge in [-0.05, 0) is 63.6 Å². The van der Waals surface area contributed by atoms with Crippen molar-refractivity contribution in [1.29, 1.82) is 0 Å². The molecule has 1 saturated carbocycles. The summed E-state index contributed by atoms with van der Waals surface area (Å²) in [7, 11) is 4.05. The molecule has 1 N–H and O–H groups in total. The molecule has 0 spiro atoms. The second-order valence-corrected chi connectivity index (χ2v) is 6.14. The molecule has 2 aliphatic rings. The number of nitrogens with zero attached hydrogens (tertiary/aromatic N) is 1. The van der Waals surface area contributed by atoms with Crippen molar-refractivity contribution in [2.75, 3.05) is 46.9 Å². The van der Waals surface area contributed by atoms with Gasteiger partial charge in [-0.2, -0.15) is 0 Å². The van der Waals surface area contributed by atoms with Crippen molar-refractivity contribution in [3.8, 4) is 0 Å². The molecule has 2 rings (SSSR count). The van der Waals surface area contributed by atoms with Crippen molar-refractivity contribution in [2.24, 2.45) is 11.3 Å². The molecule has 100 valence electrons. The summed E-state index contributed by atoms with van der Waals surface area (Å²) in [6.45, 7) is 5.90. The Morgan fingerprint density at radius 1 is 1.41 bits per heavy atom. The van der Waals surface area contributed by atoms with Crippen LogP contribution < -0.4 is 5.32 Å². The van der Waals surface area contributed by atoms with E-state index in [1.807, 2.05) is 0 Å². The molecule has 1 saturated heterocycles. The molecule has 3 nitrogen and oxygen atoms in total. The first-order chi connectivity index (χ1) is 8.24. The van der Waals surface area contributed by atoms with E-state index in [2.05, 4.69) is 17.3 Å². The Morgan fingerprint density at radius 3 is 2.88 bits per heavy atom. The summed E-state index contributed by atoms with van der Waals surface area (Å²) in [5, 5.41) is 3.71. The number of methoxy groups -OCH3 is 1. The lowest BCUT2D eigenvalue weighted by Crippen LogP contribution is -2.38. The molecule has 0 aromatic heterocycles. The monoisotopic (exact) mass is 240 g/mol. The second kappa shape index (κ2) is 6.17. The molecular weight excluding hydrogens is 212 g/mol. The largest absolute Gasteiger partial charge is 0.385 e. The average molecular weight is 240 g/mol. The third kappa shape index (κ3) is 4.23. The predicted octanol–water partition coefficient (Wildman–Crippen LogP) is 1.73. The summed E-state index contributed by atoms with van der Waals surface area (Å²) in [5.74, 6) is 0.868. The van der Waals surface area contributed by atoms with Gasteiger partial charge < -0.3 is 15.0 Å². The molecular formula is C14H28N2O. The highest BCUT2D eigenvalue weighted by atomic mass is 16.5. The molecule has 17 heavy (non-hydrogen) atoms. The minimum atomic E-state index is 0.594. The van der Waals surface area contributed by atoms with Crippen molar-refractivity contribution in [3.63, 3.8) is 0 Å². The minimum Gasteiger partial charge on any atom is -0.385 e. The van der Waals surface area contributed by atoms with Crippen LogP contribution in [-0.4, -0.2) is 51.8 Å². The Bertz CT molecular complexity index is 228. The summed E-state index contributed by atoms with van der Waals surface area (Å²) in [6, 6.07) is 0. The maximum Gasteiger partial charge on any atom is 0.0468 e. The van der Waals surface area contributed by atoms with Gasteiger partial charge in [0, 0.05) is 26.8 Å². The molecule has 0 aromatic rings. The van der Waals surface area contributed by atoms with Crippen molar-refractivity contribution in [2.45, 2.75) is 32.1 Å². The second-order valence-electron chi connectivity index (χ2n) is 6.14. The number of hydrogen-bond donors (Lipinski definition) is 1. The van der Waals surface area contributed by atoms with E-state index < -0.39 is 0 Å². The summed E-state index contributed by atoms with van der Waals surface area (Å²) in [5.41, 5.74) is 0.594. The standard InChI is InChI=1S/C14H28N2O/c1-16-8-3-4-13(11-16)10-15-12-14(5-6-14)7-9-17-2/h13,15H,3-12H2,1-2H3. The van der Waals surface area contributed by atoms with Crippen molar-refractivity contribution in [3.05, 3.63) is 0 Å². The van der Waals surface area contributed by atoms with Gasteiger partial charge in [0.05, 0.1) is 0 Å². The van der Waals surface area contributed by atoms with Crippen LogP contribution in [0.5, 0.6) is 0 Å². The molecule has 0 radical (unpaired) electrons. The summed E-state index contributed by atoms with van der Waals surface area (Å²) in [6.07, 6.45) is 6.81. The van der Waals surface area contributed by atoms with E-state index in [0.717, 1.165) is 12.5 Å². The molecule has 1 aliphatic heterocycles. The van der Waals surface area contributed by atoms with Crippen LogP contribution in [0.3, 0.4) is 0 Å². The number of rotatable bonds is 7. The fourth-order valence-electron chi connectivity index (χ4n) is 2.99. The maximum absolute atomic E-state index is 5.19. The molecule has 0 amide bonds. The molecule has 1 atom stereocenters. The number of ether oxygens (including phenoxy) is 1. The zero-order valence-corrected chi connectivity index (χ0v) is 11.5. The van der Waals surface area contributed by atoms with E-state index in [0.29, 0.717) is 5.41 Å². The fraction of sp³-hybridized carbons (Fsp3) is 1.00. The Hall–Kier alpha value is -0.120. The highest BCUT2D eigenvalue weighted by Crippen LogP contribution is 2.48. The number of piperidine rings is 1. The molecule has 1 heterocycles. The Labute approximate surface area is 106 Å². The van der Waals surface area contributed by atoms with E-state index >= 15 is 0 Å².